The van der Waals surface area contributed by atoms with Crippen molar-refractivity contribution in [1.82, 2.24) is 5.16 Å². The molecule has 1 aromatic heterocycles. The van der Waals surface area contributed by atoms with Gasteiger partial charge >= 0.3 is 5.97 Å². The SMILES string of the molecule is CC.CCOC(=O)c1ccc(Nc2ccc(-c3c(C)noc3C)cc2C(=N)Cc2ccccc2)c(F)c1.I. The monoisotopic (exact) mass is 629 g/mol. The predicted molar refractivity (Wildman–Crippen MR) is 161 cm³/mol. The third kappa shape index (κ3) is 7.28. The number of ether oxygens (including phenoxy) is 1. The lowest BCUT2D eigenvalue weighted by Crippen LogP contribution is -2.09. The van der Waals surface area contributed by atoms with Crippen LogP contribution in [0.5, 0.6) is 0 Å². The lowest BCUT2D eigenvalue weighted by atomic mass is 9.95. The Morgan fingerprint density at radius 3 is 2.32 bits per heavy atom. The molecule has 4 rings (SSSR count). The van der Waals surface area contributed by atoms with Gasteiger partial charge in [-0.05, 0) is 62.2 Å². The van der Waals surface area contributed by atoms with E-state index >= 15 is 0 Å². The van der Waals surface area contributed by atoms with Crippen molar-refractivity contribution >= 4 is 47.0 Å². The zero-order valence-electron chi connectivity index (χ0n) is 22.2. The van der Waals surface area contributed by atoms with E-state index in [0.29, 0.717) is 29.1 Å². The number of nitrogens with one attached hydrogen (secondary N) is 2. The zero-order chi connectivity index (χ0) is 26.9. The van der Waals surface area contributed by atoms with Gasteiger partial charge in [0.2, 0.25) is 0 Å². The maximum absolute atomic E-state index is 14.9. The molecule has 3 aromatic carbocycles. The Morgan fingerprint density at radius 2 is 1.71 bits per heavy atom. The minimum atomic E-state index is -0.592. The maximum Gasteiger partial charge on any atom is 0.338 e. The van der Waals surface area contributed by atoms with E-state index in [2.05, 4.69) is 10.5 Å². The topological polar surface area (TPSA) is 88.2 Å². The Kier molecular flexibility index (Phi) is 11.6. The van der Waals surface area contributed by atoms with Crippen molar-refractivity contribution < 1.29 is 18.4 Å². The summed E-state index contributed by atoms with van der Waals surface area (Å²) in [6.45, 7) is 9.62. The second kappa shape index (κ2) is 14.4. The van der Waals surface area contributed by atoms with Crippen molar-refractivity contribution in [3.63, 3.8) is 0 Å². The molecule has 0 aliphatic carbocycles. The number of hydrogen-bond acceptors (Lipinski definition) is 6. The van der Waals surface area contributed by atoms with Crippen LogP contribution in [0.3, 0.4) is 0 Å². The van der Waals surface area contributed by atoms with E-state index in [1.807, 2.05) is 76.2 Å². The van der Waals surface area contributed by atoms with Gasteiger partial charge in [-0.3, -0.25) is 0 Å². The second-order valence-electron chi connectivity index (χ2n) is 8.14. The number of halogens is 2. The van der Waals surface area contributed by atoms with Gasteiger partial charge in [0.1, 0.15) is 11.6 Å². The molecule has 1 heterocycles. The average molecular weight is 630 g/mol. The third-order valence-electron chi connectivity index (χ3n) is 5.64. The van der Waals surface area contributed by atoms with Crippen LogP contribution >= 0.6 is 24.0 Å². The number of aryl methyl sites for hydroxylation is 2. The van der Waals surface area contributed by atoms with E-state index in [4.69, 9.17) is 14.7 Å². The highest BCUT2D eigenvalue weighted by Gasteiger charge is 2.17. The van der Waals surface area contributed by atoms with E-state index in [0.717, 1.165) is 28.5 Å². The van der Waals surface area contributed by atoms with Gasteiger partial charge in [-0.2, -0.15) is 0 Å². The summed E-state index contributed by atoms with van der Waals surface area (Å²) in [6, 6.07) is 19.5. The summed E-state index contributed by atoms with van der Waals surface area (Å²) in [7, 11) is 0. The van der Waals surface area contributed by atoms with Gasteiger partial charge in [0, 0.05) is 28.9 Å². The standard InChI is InChI=1S/C28H26FN3O3.C2H6.HI/c1-4-34-28(33)21-11-13-26(23(29)16-21)31-25-12-10-20(27-17(2)32-35-18(27)3)15-22(25)24(30)14-19-8-6-5-7-9-19;1-2;/h5-13,15-16,30-31H,4,14H2,1-3H3;1-2H3;1H. The first-order valence-corrected chi connectivity index (χ1v) is 12.3. The summed E-state index contributed by atoms with van der Waals surface area (Å²) in [5.41, 5.74) is 5.38. The molecule has 0 radical (unpaired) electrons. The second-order valence-corrected chi connectivity index (χ2v) is 8.14. The highest BCUT2D eigenvalue weighted by Crippen LogP contribution is 2.32. The van der Waals surface area contributed by atoms with Gasteiger partial charge in [-0.25, -0.2) is 9.18 Å². The fourth-order valence-electron chi connectivity index (χ4n) is 3.95. The van der Waals surface area contributed by atoms with Crippen LogP contribution in [0.1, 0.15) is 53.7 Å². The van der Waals surface area contributed by atoms with E-state index in [-0.39, 0.29) is 41.8 Å². The number of anilines is 2. The Labute approximate surface area is 240 Å². The zero-order valence-corrected chi connectivity index (χ0v) is 24.6. The molecule has 0 spiro atoms. The van der Waals surface area contributed by atoms with Gasteiger partial charge in [0.05, 0.1) is 23.6 Å². The van der Waals surface area contributed by atoms with Crippen molar-refractivity contribution in [2.24, 2.45) is 0 Å². The van der Waals surface area contributed by atoms with Gasteiger partial charge < -0.3 is 20.0 Å². The van der Waals surface area contributed by atoms with Crippen molar-refractivity contribution in [3.05, 3.63) is 101 Å². The van der Waals surface area contributed by atoms with Crippen molar-refractivity contribution in [3.8, 4) is 11.1 Å². The lowest BCUT2D eigenvalue weighted by molar-refractivity contribution is 0.0526. The summed E-state index contributed by atoms with van der Waals surface area (Å²) >= 11 is 0. The molecule has 0 aliphatic heterocycles. The Morgan fingerprint density at radius 1 is 1.03 bits per heavy atom. The number of carbonyl (C=O) groups excluding carboxylic acids is 1. The number of hydrogen-bond donors (Lipinski definition) is 2. The maximum atomic E-state index is 14.9. The molecule has 0 saturated carbocycles. The van der Waals surface area contributed by atoms with Gasteiger partial charge in [-0.1, -0.05) is 55.4 Å². The van der Waals surface area contributed by atoms with E-state index < -0.39 is 11.8 Å². The summed E-state index contributed by atoms with van der Waals surface area (Å²) < 4.78 is 25.2. The Hall–Kier alpha value is -3.53. The lowest BCUT2D eigenvalue weighted by Gasteiger charge is -2.16. The molecular weight excluding hydrogens is 596 g/mol. The number of esters is 1. The number of carbonyl (C=O) groups is 1. The molecule has 6 nitrogen and oxygen atoms in total. The molecule has 0 fully saturated rings. The summed E-state index contributed by atoms with van der Waals surface area (Å²) in [5, 5.41) is 16.0. The molecule has 2 N–H and O–H groups in total. The first kappa shape index (κ1) is 30.7. The third-order valence-corrected chi connectivity index (χ3v) is 5.64. The molecule has 8 heteroatoms. The van der Waals surface area contributed by atoms with Crippen LogP contribution in [-0.4, -0.2) is 23.4 Å². The summed E-state index contributed by atoms with van der Waals surface area (Å²) in [5.74, 6) is -0.484. The molecule has 38 heavy (non-hydrogen) atoms. The van der Waals surface area contributed by atoms with Crippen LogP contribution in [0.4, 0.5) is 15.8 Å². The van der Waals surface area contributed by atoms with Crippen LogP contribution in [0.15, 0.2) is 71.3 Å². The van der Waals surface area contributed by atoms with Crippen LogP contribution < -0.4 is 5.32 Å². The first-order chi connectivity index (χ1) is 17.9. The molecule has 0 atom stereocenters. The average Bonchev–Trinajstić information content (AvgIpc) is 3.25. The van der Waals surface area contributed by atoms with Gasteiger partial charge in [0.25, 0.3) is 0 Å². The number of aromatic nitrogens is 1. The summed E-state index contributed by atoms with van der Waals surface area (Å²) in [6.07, 6.45) is 0.408. The molecule has 0 saturated heterocycles. The first-order valence-electron chi connectivity index (χ1n) is 12.3. The van der Waals surface area contributed by atoms with Crippen LogP contribution in [0.2, 0.25) is 0 Å². The normalized spacial score (nSPS) is 10.1. The molecule has 0 amide bonds. The fourth-order valence-corrected chi connectivity index (χ4v) is 3.95. The number of benzene rings is 3. The van der Waals surface area contributed by atoms with E-state index in [9.17, 15) is 9.18 Å². The Bertz CT molecular complexity index is 1370. The van der Waals surface area contributed by atoms with Crippen molar-refractivity contribution in [1.29, 1.82) is 5.41 Å². The molecule has 200 valence electrons. The molecule has 0 unspecified atom stereocenters. The van der Waals surface area contributed by atoms with E-state index in [1.54, 1.807) is 6.92 Å². The predicted octanol–water partition coefficient (Wildman–Crippen LogP) is 8.27. The van der Waals surface area contributed by atoms with Crippen LogP contribution in [0.25, 0.3) is 11.1 Å². The molecular formula is C30H33FIN3O3. The van der Waals surface area contributed by atoms with Gasteiger partial charge in [-0.15, -0.1) is 24.0 Å². The van der Waals surface area contributed by atoms with Crippen molar-refractivity contribution in [2.45, 2.75) is 41.0 Å². The highest BCUT2D eigenvalue weighted by atomic mass is 127. The quantitative estimate of drug-likeness (QED) is 0.116. The van der Waals surface area contributed by atoms with Crippen LogP contribution in [0, 0.1) is 25.1 Å². The minimum absolute atomic E-state index is 0. The van der Waals surface area contributed by atoms with E-state index in [1.165, 1.54) is 12.1 Å². The molecule has 0 aliphatic rings. The number of nitrogens with zero attached hydrogens (tertiary/aromatic N) is 1. The minimum Gasteiger partial charge on any atom is -0.462 e. The highest BCUT2D eigenvalue weighted by molar-refractivity contribution is 14.0. The largest absolute Gasteiger partial charge is 0.462 e. The van der Waals surface area contributed by atoms with Crippen LogP contribution in [-0.2, 0) is 11.2 Å². The Balaban J connectivity index is 0.00000165. The van der Waals surface area contributed by atoms with Crippen molar-refractivity contribution in [2.75, 3.05) is 11.9 Å². The van der Waals surface area contributed by atoms with Gasteiger partial charge in [0.15, 0.2) is 0 Å². The number of rotatable bonds is 8. The molecule has 0 bridgehead atoms. The molecule has 4 aromatic rings. The smallest absolute Gasteiger partial charge is 0.338 e. The summed E-state index contributed by atoms with van der Waals surface area (Å²) in [4.78, 5) is 11.9. The fraction of sp³-hybridized carbons (Fsp3) is 0.233.